The van der Waals surface area contributed by atoms with Crippen LogP contribution in [0.2, 0.25) is 0 Å². The fourth-order valence-electron chi connectivity index (χ4n) is 1.74. The van der Waals surface area contributed by atoms with Crippen molar-refractivity contribution >= 4 is 11.8 Å². The van der Waals surface area contributed by atoms with Crippen LogP contribution >= 0.6 is 0 Å². The predicted molar refractivity (Wildman–Crippen MR) is 68.7 cm³/mol. The van der Waals surface area contributed by atoms with Gasteiger partial charge in [-0.1, -0.05) is 30.3 Å². The van der Waals surface area contributed by atoms with Gasteiger partial charge in [-0.25, -0.2) is 4.79 Å². The number of nitrogens with zero attached hydrogens (tertiary/aromatic N) is 1. The lowest BCUT2D eigenvalue weighted by Crippen LogP contribution is -3.00. The zero-order valence-corrected chi connectivity index (χ0v) is 12.5. The van der Waals surface area contributed by atoms with E-state index in [1.165, 1.54) is 7.11 Å². The largest absolute Gasteiger partial charge is 1.00 e. The van der Waals surface area contributed by atoms with Gasteiger partial charge >= 0.3 is 5.97 Å². The van der Waals surface area contributed by atoms with Crippen molar-refractivity contribution in [3.8, 4) is 0 Å². The molecule has 1 heterocycles. The average molecular weight is 336 g/mol. The summed E-state index contributed by atoms with van der Waals surface area (Å²) in [6.45, 7) is 0.189. The molecular formula is C15H14BrNO3. The lowest BCUT2D eigenvalue weighted by Gasteiger charge is -2.00. The lowest BCUT2D eigenvalue weighted by atomic mass is 10.1. The molecule has 0 amide bonds. The average Bonchev–Trinajstić information content (AvgIpc) is 2.47. The molecular weight excluding hydrogens is 322 g/mol. The lowest BCUT2D eigenvalue weighted by molar-refractivity contribution is -0.683. The molecule has 20 heavy (non-hydrogen) atoms. The van der Waals surface area contributed by atoms with Gasteiger partial charge in [0.1, 0.15) is 5.56 Å². The van der Waals surface area contributed by atoms with Gasteiger partial charge in [0.2, 0.25) is 12.3 Å². The Morgan fingerprint density at radius 2 is 1.70 bits per heavy atom. The van der Waals surface area contributed by atoms with Crippen LogP contribution in [0.1, 0.15) is 20.7 Å². The van der Waals surface area contributed by atoms with Crippen LogP contribution in [0.5, 0.6) is 0 Å². The zero-order chi connectivity index (χ0) is 13.7. The maximum Gasteiger partial charge on any atom is 0.343 e. The fourth-order valence-corrected chi connectivity index (χ4v) is 1.74. The SMILES string of the molecule is COC(=O)c1ccc[n+](CC(=O)c2ccccc2)c1.[Br-]. The van der Waals surface area contributed by atoms with E-state index in [9.17, 15) is 9.59 Å². The van der Waals surface area contributed by atoms with Gasteiger partial charge in [0.15, 0.2) is 12.4 Å². The Morgan fingerprint density at radius 3 is 2.35 bits per heavy atom. The smallest absolute Gasteiger partial charge is 0.343 e. The molecule has 0 N–H and O–H groups in total. The fraction of sp³-hybridized carbons (Fsp3) is 0.133. The van der Waals surface area contributed by atoms with E-state index < -0.39 is 5.97 Å². The van der Waals surface area contributed by atoms with E-state index in [0.717, 1.165) is 0 Å². The Kier molecular flexibility index (Phi) is 6.06. The Morgan fingerprint density at radius 1 is 1.05 bits per heavy atom. The van der Waals surface area contributed by atoms with Crippen LogP contribution in [0.25, 0.3) is 0 Å². The molecule has 0 radical (unpaired) electrons. The van der Waals surface area contributed by atoms with E-state index in [1.807, 2.05) is 18.2 Å². The molecule has 2 aromatic rings. The molecule has 0 spiro atoms. The first-order chi connectivity index (χ1) is 9.20. The second-order valence-electron chi connectivity index (χ2n) is 4.05. The van der Waals surface area contributed by atoms with Gasteiger partial charge < -0.3 is 21.7 Å². The van der Waals surface area contributed by atoms with E-state index >= 15 is 0 Å². The number of pyridine rings is 1. The summed E-state index contributed by atoms with van der Waals surface area (Å²) in [4.78, 5) is 23.4. The third-order valence-corrected chi connectivity index (χ3v) is 2.70. The highest BCUT2D eigenvalue weighted by Crippen LogP contribution is 2.01. The summed E-state index contributed by atoms with van der Waals surface area (Å²) >= 11 is 0. The quantitative estimate of drug-likeness (QED) is 0.394. The van der Waals surface area contributed by atoms with E-state index in [0.29, 0.717) is 11.1 Å². The van der Waals surface area contributed by atoms with Crippen molar-refractivity contribution in [1.29, 1.82) is 0 Å². The molecule has 104 valence electrons. The molecule has 0 aliphatic rings. The van der Waals surface area contributed by atoms with Gasteiger partial charge in [-0.2, -0.15) is 4.57 Å². The second-order valence-corrected chi connectivity index (χ2v) is 4.05. The molecule has 0 unspecified atom stereocenters. The molecule has 0 aliphatic carbocycles. The van der Waals surface area contributed by atoms with Crippen molar-refractivity contribution in [2.24, 2.45) is 0 Å². The molecule has 5 heteroatoms. The first-order valence-corrected chi connectivity index (χ1v) is 5.86. The molecule has 0 fully saturated rings. The minimum atomic E-state index is -0.415. The highest BCUT2D eigenvalue weighted by atomic mass is 79.9. The van der Waals surface area contributed by atoms with Crippen molar-refractivity contribution < 1.29 is 35.9 Å². The van der Waals surface area contributed by atoms with Gasteiger partial charge in [0, 0.05) is 11.6 Å². The van der Waals surface area contributed by atoms with E-state index in [-0.39, 0.29) is 29.3 Å². The number of esters is 1. The summed E-state index contributed by atoms with van der Waals surface area (Å²) in [6.07, 6.45) is 3.35. The molecule has 1 aromatic carbocycles. The highest BCUT2D eigenvalue weighted by Gasteiger charge is 2.14. The highest BCUT2D eigenvalue weighted by molar-refractivity contribution is 5.95. The third-order valence-electron chi connectivity index (χ3n) is 2.70. The first-order valence-electron chi connectivity index (χ1n) is 5.86. The zero-order valence-electron chi connectivity index (χ0n) is 11.0. The summed E-state index contributed by atoms with van der Waals surface area (Å²) in [7, 11) is 1.33. The summed E-state index contributed by atoms with van der Waals surface area (Å²) in [6, 6.07) is 12.4. The summed E-state index contributed by atoms with van der Waals surface area (Å²) in [5.74, 6) is -0.422. The number of rotatable bonds is 4. The van der Waals surface area contributed by atoms with Crippen LogP contribution in [-0.4, -0.2) is 18.9 Å². The molecule has 0 saturated heterocycles. The number of ether oxygens (including phenoxy) is 1. The van der Waals surface area contributed by atoms with Crippen LogP contribution in [0, 0.1) is 0 Å². The van der Waals surface area contributed by atoms with Gasteiger partial charge in [-0.15, -0.1) is 0 Å². The van der Waals surface area contributed by atoms with E-state index in [2.05, 4.69) is 4.74 Å². The van der Waals surface area contributed by atoms with Gasteiger partial charge in [0.05, 0.1) is 7.11 Å². The molecule has 0 aliphatic heterocycles. The monoisotopic (exact) mass is 335 g/mol. The number of hydrogen-bond acceptors (Lipinski definition) is 3. The van der Waals surface area contributed by atoms with Crippen molar-refractivity contribution in [3.63, 3.8) is 0 Å². The van der Waals surface area contributed by atoms with Crippen molar-refractivity contribution in [2.75, 3.05) is 7.11 Å². The molecule has 0 atom stereocenters. The maximum atomic E-state index is 12.0. The topological polar surface area (TPSA) is 47.2 Å². The van der Waals surface area contributed by atoms with Crippen molar-refractivity contribution in [3.05, 3.63) is 66.0 Å². The number of carbonyl (C=O) groups is 2. The minimum Gasteiger partial charge on any atom is -1.00 e. The van der Waals surface area contributed by atoms with Gasteiger partial charge in [0.25, 0.3) is 0 Å². The number of hydrogen-bond donors (Lipinski definition) is 0. The van der Waals surface area contributed by atoms with Crippen molar-refractivity contribution in [2.45, 2.75) is 6.54 Å². The molecule has 0 bridgehead atoms. The molecule has 1 aromatic heterocycles. The van der Waals surface area contributed by atoms with E-state index in [1.54, 1.807) is 41.2 Å². The first kappa shape index (κ1) is 16.0. The number of methoxy groups -OCH3 is 1. The number of benzene rings is 1. The second kappa shape index (κ2) is 7.55. The standard InChI is InChI=1S/C15H14NO3.BrH/c1-19-15(18)13-8-5-9-16(10-13)11-14(17)12-6-3-2-4-7-12;/h2-10H,11H2,1H3;1H/q+1;/p-1. The summed E-state index contributed by atoms with van der Waals surface area (Å²) in [5, 5.41) is 0. The van der Waals surface area contributed by atoms with E-state index in [4.69, 9.17) is 0 Å². The maximum absolute atomic E-state index is 12.0. The third kappa shape index (κ3) is 3.99. The Bertz CT molecular complexity index is 599. The van der Waals surface area contributed by atoms with Crippen LogP contribution in [0.4, 0.5) is 0 Å². The number of Topliss-reactive ketones (excluding diaryl/α,β-unsaturated/α-hetero) is 1. The Balaban J connectivity index is 0.00000200. The van der Waals surface area contributed by atoms with Crippen LogP contribution in [0.3, 0.4) is 0 Å². The number of halogens is 1. The normalized spacial score (nSPS) is 9.45. The number of ketones is 1. The van der Waals surface area contributed by atoms with Gasteiger partial charge in [-0.05, 0) is 6.07 Å². The minimum absolute atomic E-state index is 0. The Labute approximate surface area is 127 Å². The summed E-state index contributed by atoms with van der Waals surface area (Å²) in [5.41, 5.74) is 1.07. The number of aromatic nitrogens is 1. The predicted octanol–water partition coefficient (Wildman–Crippen LogP) is -1.35. The molecule has 2 rings (SSSR count). The Hall–Kier alpha value is -2.01. The van der Waals surface area contributed by atoms with Crippen molar-refractivity contribution in [1.82, 2.24) is 0 Å². The van der Waals surface area contributed by atoms with Crippen LogP contribution in [0.15, 0.2) is 54.9 Å². The summed E-state index contributed by atoms with van der Waals surface area (Å²) < 4.78 is 6.31. The molecule has 0 saturated carbocycles. The number of carbonyl (C=O) groups excluding carboxylic acids is 2. The van der Waals surface area contributed by atoms with Crippen LogP contribution in [-0.2, 0) is 11.3 Å². The van der Waals surface area contributed by atoms with Gasteiger partial charge in [-0.3, -0.25) is 4.79 Å². The van der Waals surface area contributed by atoms with Crippen LogP contribution < -0.4 is 21.5 Å². The molecule has 4 nitrogen and oxygen atoms in total.